The van der Waals surface area contributed by atoms with Crippen LogP contribution in [0.2, 0.25) is 0 Å². The summed E-state index contributed by atoms with van der Waals surface area (Å²) < 4.78 is 5.27. The van der Waals surface area contributed by atoms with Gasteiger partial charge in [0.05, 0.1) is 0 Å². The molecule has 6 nitrogen and oxygen atoms in total. The number of hydrogen-bond donors (Lipinski definition) is 1. The van der Waals surface area contributed by atoms with Crippen molar-refractivity contribution < 1.29 is 9.32 Å². The van der Waals surface area contributed by atoms with Crippen LogP contribution < -0.4 is 5.32 Å². The molecule has 2 atom stereocenters. The summed E-state index contributed by atoms with van der Waals surface area (Å²) in [6, 6.07) is 0. The number of aromatic nitrogens is 2. The second-order valence-electron chi connectivity index (χ2n) is 7.90. The van der Waals surface area contributed by atoms with E-state index in [-0.39, 0.29) is 23.7 Å². The van der Waals surface area contributed by atoms with Crippen LogP contribution in [0.1, 0.15) is 51.7 Å². The normalized spacial score (nSPS) is 24.2. The fraction of sp³-hybridized carbons (Fsp3) is 0.824. The molecule has 0 aliphatic carbocycles. The van der Waals surface area contributed by atoms with Crippen molar-refractivity contribution in [1.29, 1.82) is 0 Å². The van der Waals surface area contributed by atoms with Crippen LogP contribution in [-0.2, 0) is 16.6 Å². The minimum atomic E-state index is -0.123. The predicted octanol–water partition coefficient (Wildman–Crippen LogP) is 2.18. The second-order valence-corrected chi connectivity index (χ2v) is 7.90. The molecule has 2 aliphatic rings. The van der Waals surface area contributed by atoms with Gasteiger partial charge in [-0.1, -0.05) is 25.9 Å². The number of nitrogens with one attached hydrogen (secondary N) is 1. The Morgan fingerprint density at radius 3 is 2.42 bits per heavy atom. The molecule has 1 aromatic heterocycles. The molecule has 0 radical (unpaired) electrons. The van der Waals surface area contributed by atoms with Crippen molar-refractivity contribution in [2.24, 2.45) is 11.8 Å². The van der Waals surface area contributed by atoms with Gasteiger partial charge < -0.3 is 14.7 Å². The molecule has 2 saturated heterocycles. The van der Waals surface area contributed by atoms with Gasteiger partial charge in [0, 0.05) is 31.3 Å². The summed E-state index contributed by atoms with van der Waals surface area (Å²) in [5.74, 6) is 2.99. The predicted molar refractivity (Wildman–Crippen MR) is 94.2 cm³/mol. The van der Waals surface area contributed by atoms with Gasteiger partial charge in [-0.15, -0.1) is 12.4 Å². The number of carbonyl (C=O) groups excluding carboxylic acids is 1. The smallest absolute Gasteiger partial charge is 0.227 e. The number of likely N-dealkylation sites (tertiary alicyclic amines) is 1. The largest absolute Gasteiger partial charge is 0.343 e. The maximum Gasteiger partial charge on any atom is 0.227 e. The highest BCUT2D eigenvalue weighted by Crippen LogP contribution is 2.27. The first kappa shape index (κ1) is 19.2. The van der Waals surface area contributed by atoms with Gasteiger partial charge in [0.2, 0.25) is 11.8 Å². The van der Waals surface area contributed by atoms with Crippen molar-refractivity contribution in [2.45, 2.75) is 51.9 Å². The van der Waals surface area contributed by atoms with Crippen LogP contribution in [0.4, 0.5) is 0 Å². The van der Waals surface area contributed by atoms with E-state index in [1.165, 1.54) is 0 Å². The molecule has 24 heavy (non-hydrogen) atoms. The number of amides is 1. The summed E-state index contributed by atoms with van der Waals surface area (Å²) in [7, 11) is 0. The Bertz CT molecular complexity index is 541. The summed E-state index contributed by atoms with van der Waals surface area (Å²) >= 11 is 0. The van der Waals surface area contributed by atoms with Crippen LogP contribution in [0, 0.1) is 11.8 Å². The molecule has 0 saturated carbocycles. The number of hydrogen-bond acceptors (Lipinski definition) is 5. The van der Waals surface area contributed by atoms with Gasteiger partial charge in [-0.25, -0.2) is 0 Å². The van der Waals surface area contributed by atoms with Crippen molar-refractivity contribution >= 4 is 18.3 Å². The summed E-state index contributed by atoms with van der Waals surface area (Å²) in [6.45, 7) is 10.2. The minimum absolute atomic E-state index is 0. The Hall–Kier alpha value is -1.14. The third-order valence-corrected chi connectivity index (χ3v) is 5.06. The van der Waals surface area contributed by atoms with E-state index >= 15 is 0 Å². The Morgan fingerprint density at radius 2 is 1.88 bits per heavy atom. The fourth-order valence-electron chi connectivity index (χ4n) is 3.50. The van der Waals surface area contributed by atoms with Gasteiger partial charge in [0.1, 0.15) is 0 Å². The molecule has 0 aromatic carbocycles. The van der Waals surface area contributed by atoms with Crippen molar-refractivity contribution in [3.05, 3.63) is 11.7 Å². The van der Waals surface area contributed by atoms with E-state index in [0.29, 0.717) is 24.6 Å². The standard InChI is InChI=1S/C17H28N4O2.ClH/c1-17(2,3)16-19-14(23-20-16)4-5-15(22)21-8-6-12-10-18-11-13(12)7-9-21;/h12-13,18H,4-11H2,1-3H3;1H/t12-,13+;. The van der Waals surface area contributed by atoms with Crippen molar-refractivity contribution in [3.8, 4) is 0 Å². The third kappa shape index (κ3) is 4.48. The van der Waals surface area contributed by atoms with Crippen LogP contribution in [0.3, 0.4) is 0 Å². The lowest BCUT2D eigenvalue weighted by atomic mass is 9.92. The van der Waals surface area contributed by atoms with Gasteiger partial charge in [0.25, 0.3) is 0 Å². The average molecular weight is 357 g/mol. The number of halogens is 1. The van der Waals surface area contributed by atoms with Gasteiger partial charge in [-0.05, 0) is 37.8 Å². The van der Waals surface area contributed by atoms with Gasteiger partial charge in [0.15, 0.2) is 5.82 Å². The topological polar surface area (TPSA) is 71.3 Å². The third-order valence-electron chi connectivity index (χ3n) is 5.06. The van der Waals surface area contributed by atoms with E-state index in [1.807, 2.05) is 4.90 Å². The maximum atomic E-state index is 12.5. The van der Waals surface area contributed by atoms with E-state index in [0.717, 1.165) is 50.9 Å². The summed E-state index contributed by atoms with van der Waals surface area (Å²) in [6.07, 6.45) is 3.24. The molecule has 136 valence electrons. The molecule has 7 heteroatoms. The lowest BCUT2D eigenvalue weighted by molar-refractivity contribution is -0.131. The summed E-state index contributed by atoms with van der Waals surface area (Å²) in [4.78, 5) is 18.9. The van der Waals surface area contributed by atoms with Crippen LogP contribution in [0.25, 0.3) is 0 Å². The molecule has 0 bridgehead atoms. The zero-order valence-corrected chi connectivity index (χ0v) is 15.7. The minimum Gasteiger partial charge on any atom is -0.343 e. The number of carbonyl (C=O) groups is 1. The SMILES string of the molecule is CC(C)(C)c1noc(CCC(=O)N2CC[C@@H]3CNC[C@@H]3CC2)n1.Cl. The van der Waals surface area contributed by atoms with E-state index in [2.05, 4.69) is 36.2 Å². The van der Waals surface area contributed by atoms with Gasteiger partial charge in [-0.3, -0.25) is 4.79 Å². The molecular formula is C17H29ClN4O2. The Labute approximate surface area is 150 Å². The van der Waals surface area contributed by atoms with Crippen molar-refractivity contribution in [2.75, 3.05) is 26.2 Å². The molecule has 1 aromatic rings. The molecule has 2 aliphatic heterocycles. The van der Waals surface area contributed by atoms with Crippen LogP contribution in [0.15, 0.2) is 4.52 Å². The molecule has 0 unspecified atom stereocenters. The van der Waals surface area contributed by atoms with Crippen LogP contribution >= 0.6 is 12.4 Å². The number of nitrogens with zero attached hydrogens (tertiary/aromatic N) is 3. The number of rotatable bonds is 3. The lowest BCUT2D eigenvalue weighted by Gasteiger charge is -2.20. The summed E-state index contributed by atoms with van der Waals surface area (Å²) in [5, 5.41) is 7.48. The van der Waals surface area contributed by atoms with Crippen molar-refractivity contribution in [1.82, 2.24) is 20.4 Å². The average Bonchev–Trinajstić information content (AvgIpc) is 3.10. The Kier molecular flexibility index (Phi) is 6.26. The first-order chi connectivity index (χ1) is 10.9. The highest BCUT2D eigenvalue weighted by molar-refractivity contribution is 5.85. The van der Waals surface area contributed by atoms with E-state index < -0.39 is 0 Å². The molecule has 3 rings (SSSR count). The quantitative estimate of drug-likeness (QED) is 0.898. The first-order valence-corrected chi connectivity index (χ1v) is 8.75. The maximum absolute atomic E-state index is 12.5. The van der Waals surface area contributed by atoms with Gasteiger partial charge in [-0.2, -0.15) is 4.98 Å². The summed E-state index contributed by atoms with van der Waals surface area (Å²) in [5.41, 5.74) is -0.123. The molecule has 3 heterocycles. The zero-order chi connectivity index (χ0) is 16.4. The fourth-order valence-corrected chi connectivity index (χ4v) is 3.50. The van der Waals surface area contributed by atoms with E-state index in [1.54, 1.807) is 0 Å². The lowest BCUT2D eigenvalue weighted by Crippen LogP contribution is -2.32. The molecule has 0 spiro atoms. The monoisotopic (exact) mass is 356 g/mol. The highest BCUT2D eigenvalue weighted by Gasteiger charge is 2.31. The Balaban J connectivity index is 0.00000208. The van der Waals surface area contributed by atoms with E-state index in [9.17, 15) is 4.79 Å². The molecule has 1 amide bonds. The molecule has 1 N–H and O–H groups in total. The highest BCUT2D eigenvalue weighted by atomic mass is 35.5. The van der Waals surface area contributed by atoms with Crippen LogP contribution in [0.5, 0.6) is 0 Å². The van der Waals surface area contributed by atoms with Crippen LogP contribution in [-0.4, -0.2) is 47.1 Å². The van der Waals surface area contributed by atoms with Crippen molar-refractivity contribution in [3.63, 3.8) is 0 Å². The van der Waals surface area contributed by atoms with Gasteiger partial charge >= 0.3 is 0 Å². The Morgan fingerprint density at radius 1 is 1.25 bits per heavy atom. The first-order valence-electron chi connectivity index (χ1n) is 8.75. The molecule has 2 fully saturated rings. The number of aryl methyl sites for hydroxylation is 1. The zero-order valence-electron chi connectivity index (χ0n) is 14.9. The second kappa shape index (κ2) is 7.83. The number of fused-ring (bicyclic) bond motifs is 1. The van der Waals surface area contributed by atoms with E-state index in [4.69, 9.17) is 4.52 Å². The molecular weight excluding hydrogens is 328 g/mol.